The van der Waals surface area contributed by atoms with Crippen LogP contribution in [0.1, 0.15) is 15.9 Å². The van der Waals surface area contributed by atoms with Gasteiger partial charge in [-0.3, -0.25) is 9.59 Å². The third kappa shape index (κ3) is 5.51. The highest BCUT2D eigenvalue weighted by Gasteiger charge is 2.34. The fraction of sp³-hybridized carbons (Fsp3) is 0.158. The lowest BCUT2D eigenvalue weighted by atomic mass is 10.1. The minimum atomic E-state index is -4.60. The van der Waals surface area contributed by atoms with Gasteiger partial charge in [0.25, 0.3) is 11.8 Å². The first-order chi connectivity index (χ1) is 12.8. The number of benzene rings is 2. The summed E-state index contributed by atoms with van der Waals surface area (Å²) in [6, 6.07) is 10.7. The molecule has 0 fully saturated rings. The van der Waals surface area contributed by atoms with Gasteiger partial charge in [-0.15, -0.1) is 6.42 Å². The number of alkyl halides is 3. The minimum absolute atomic E-state index is 0.0124. The Balaban J connectivity index is 2.06. The summed E-state index contributed by atoms with van der Waals surface area (Å²) in [6.07, 6.45) is 0.478. The molecule has 27 heavy (non-hydrogen) atoms. The van der Waals surface area contributed by atoms with Gasteiger partial charge < -0.3 is 15.4 Å². The molecular formula is C19H15F3N2O3. The highest BCUT2D eigenvalue weighted by atomic mass is 19.4. The Kier molecular flexibility index (Phi) is 6.44. The summed E-state index contributed by atoms with van der Waals surface area (Å²) in [6.45, 7) is -0.647. The molecule has 0 heterocycles. The van der Waals surface area contributed by atoms with Crippen LogP contribution in [0.2, 0.25) is 0 Å². The lowest BCUT2D eigenvalue weighted by Gasteiger charge is -2.14. The lowest BCUT2D eigenvalue weighted by Crippen LogP contribution is -2.27. The van der Waals surface area contributed by atoms with Gasteiger partial charge in [-0.05, 0) is 24.3 Å². The SMILES string of the molecule is C#CCNC(=O)c1ccccc1NC(=O)COc1ccccc1C(F)(F)F. The summed E-state index contributed by atoms with van der Waals surface area (Å²) in [5, 5.41) is 4.90. The van der Waals surface area contributed by atoms with E-state index in [0.29, 0.717) is 0 Å². The van der Waals surface area contributed by atoms with Gasteiger partial charge in [-0.2, -0.15) is 13.2 Å². The quantitative estimate of drug-likeness (QED) is 0.762. The van der Waals surface area contributed by atoms with E-state index in [0.717, 1.165) is 12.1 Å². The van der Waals surface area contributed by atoms with Crippen LogP contribution >= 0.6 is 0 Å². The van der Waals surface area contributed by atoms with Crippen LogP contribution in [0.4, 0.5) is 18.9 Å². The molecule has 2 N–H and O–H groups in total. The van der Waals surface area contributed by atoms with Crippen molar-refractivity contribution in [1.82, 2.24) is 5.32 Å². The van der Waals surface area contributed by atoms with Crippen LogP contribution < -0.4 is 15.4 Å². The smallest absolute Gasteiger partial charge is 0.419 e. The van der Waals surface area contributed by atoms with E-state index >= 15 is 0 Å². The third-order valence-electron chi connectivity index (χ3n) is 3.35. The van der Waals surface area contributed by atoms with Crippen LogP contribution in [0.3, 0.4) is 0 Å². The number of terminal acetylenes is 1. The van der Waals surface area contributed by atoms with Crippen molar-refractivity contribution in [2.45, 2.75) is 6.18 Å². The van der Waals surface area contributed by atoms with E-state index in [4.69, 9.17) is 11.2 Å². The average molecular weight is 376 g/mol. The first-order valence-corrected chi connectivity index (χ1v) is 7.72. The number of ether oxygens (including phenoxy) is 1. The summed E-state index contributed by atoms with van der Waals surface area (Å²) in [5.74, 6) is 0.583. The van der Waals surface area contributed by atoms with Crippen molar-refractivity contribution in [2.24, 2.45) is 0 Å². The van der Waals surface area contributed by atoms with Crippen molar-refractivity contribution in [2.75, 3.05) is 18.5 Å². The Morgan fingerprint density at radius 1 is 1.07 bits per heavy atom. The summed E-state index contributed by atoms with van der Waals surface area (Å²) in [4.78, 5) is 24.1. The largest absolute Gasteiger partial charge is 0.483 e. The topological polar surface area (TPSA) is 67.4 Å². The van der Waals surface area contributed by atoms with E-state index in [2.05, 4.69) is 16.6 Å². The zero-order valence-corrected chi connectivity index (χ0v) is 14.0. The Bertz CT molecular complexity index is 873. The summed E-state index contributed by atoms with van der Waals surface area (Å²) in [7, 11) is 0. The monoisotopic (exact) mass is 376 g/mol. The molecule has 0 saturated heterocycles. The molecule has 2 aromatic carbocycles. The van der Waals surface area contributed by atoms with Crippen LogP contribution in [0.15, 0.2) is 48.5 Å². The predicted molar refractivity (Wildman–Crippen MR) is 93.2 cm³/mol. The zero-order valence-electron chi connectivity index (χ0n) is 14.0. The standard InChI is InChI=1S/C19H15F3N2O3/c1-2-11-23-18(26)13-7-3-5-9-15(13)24-17(25)12-27-16-10-6-4-8-14(16)19(20,21)22/h1,3-10H,11-12H2,(H,23,26)(H,24,25). The number of carbonyl (C=O) groups is 2. The maximum atomic E-state index is 12.9. The molecule has 8 heteroatoms. The first-order valence-electron chi connectivity index (χ1n) is 7.72. The van der Waals surface area contributed by atoms with Crippen LogP contribution in [0, 0.1) is 12.3 Å². The van der Waals surface area contributed by atoms with Crippen LogP contribution in [0.25, 0.3) is 0 Å². The molecule has 0 radical (unpaired) electrons. The number of anilines is 1. The number of para-hydroxylation sites is 2. The van der Waals surface area contributed by atoms with E-state index < -0.39 is 35.9 Å². The molecule has 0 bridgehead atoms. The van der Waals surface area contributed by atoms with Gasteiger partial charge in [0.2, 0.25) is 0 Å². The fourth-order valence-electron chi connectivity index (χ4n) is 2.17. The van der Waals surface area contributed by atoms with Gasteiger partial charge >= 0.3 is 6.18 Å². The molecular weight excluding hydrogens is 361 g/mol. The molecule has 0 aromatic heterocycles. The Hall–Kier alpha value is -3.47. The normalized spacial score (nSPS) is 10.6. The second-order valence-electron chi connectivity index (χ2n) is 5.26. The number of hydrogen-bond acceptors (Lipinski definition) is 3. The molecule has 0 unspecified atom stereocenters. The molecule has 2 rings (SSSR count). The second-order valence-corrected chi connectivity index (χ2v) is 5.26. The Morgan fingerprint density at radius 3 is 2.44 bits per heavy atom. The molecule has 0 saturated carbocycles. The number of halogens is 3. The highest BCUT2D eigenvalue weighted by molar-refractivity contribution is 6.04. The van der Waals surface area contributed by atoms with Gasteiger partial charge in [0.15, 0.2) is 6.61 Å². The Labute approximate surface area is 153 Å². The second kappa shape index (κ2) is 8.76. The third-order valence-corrected chi connectivity index (χ3v) is 3.35. The zero-order chi connectivity index (χ0) is 19.9. The van der Waals surface area contributed by atoms with Crippen molar-refractivity contribution >= 4 is 17.5 Å². The van der Waals surface area contributed by atoms with E-state index in [-0.39, 0.29) is 17.8 Å². The number of carbonyl (C=O) groups excluding carboxylic acids is 2. The first kappa shape index (κ1) is 19.8. The molecule has 0 atom stereocenters. The van der Waals surface area contributed by atoms with Crippen LogP contribution in [0.5, 0.6) is 5.75 Å². The lowest BCUT2D eigenvalue weighted by molar-refractivity contribution is -0.139. The molecule has 0 aliphatic carbocycles. The average Bonchev–Trinajstić information content (AvgIpc) is 2.64. The molecule has 0 spiro atoms. The number of amides is 2. The molecule has 2 amide bonds. The number of rotatable bonds is 6. The maximum Gasteiger partial charge on any atom is 0.419 e. The summed E-state index contributed by atoms with van der Waals surface area (Å²) >= 11 is 0. The van der Waals surface area contributed by atoms with Crippen LogP contribution in [-0.2, 0) is 11.0 Å². The molecule has 2 aromatic rings. The fourth-order valence-corrected chi connectivity index (χ4v) is 2.17. The minimum Gasteiger partial charge on any atom is -0.483 e. The molecule has 0 aliphatic rings. The van der Waals surface area contributed by atoms with Gasteiger partial charge in [0.05, 0.1) is 23.4 Å². The summed E-state index contributed by atoms with van der Waals surface area (Å²) in [5.41, 5.74) is -0.631. The van der Waals surface area contributed by atoms with Crippen molar-refractivity contribution in [1.29, 1.82) is 0 Å². The van der Waals surface area contributed by atoms with Gasteiger partial charge in [0.1, 0.15) is 5.75 Å². The van der Waals surface area contributed by atoms with E-state index in [1.807, 2.05) is 0 Å². The van der Waals surface area contributed by atoms with Crippen molar-refractivity contribution in [3.63, 3.8) is 0 Å². The maximum absolute atomic E-state index is 12.9. The van der Waals surface area contributed by atoms with Crippen LogP contribution in [-0.4, -0.2) is 25.0 Å². The van der Waals surface area contributed by atoms with E-state index in [1.165, 1.54) is 24.3 Å². The number of hydrogen-bond donors (Lipinski definition) is 2. The van der Waals surface area contributed by atoms with Crippen molar-refractivity contribution in [3.05, 3.63) is 59.7 Å². The van der Waals surface area contributed by atoms with E-state index in [1.54, 1.807) is 12.1 Å². The van der Waals surface area contributed by atoms with Gasteiger partial charge in [-0.1, -0.05) is 30.2 Å². The molecule has 140 valence electrons. The van der Waals surface area contributed by atoms with Crippen molar-refractivity contribution in [3.8, 4) is 18.1 Å². The van der Waals surface area contributed by atoms with E-state index in [9.17, 15) is 22.8 Å². The van der Waals surface area contributed by atoms with Crippen molar-refractivity contribution < 1.29 is 27.5 Å². The highest BCUT2D eigenvalue weighted by Crippen LogP contribution is 2.35. The summed E-state index contributed by atoms with van der Waals surface area (Å²) < 4.78 is 43.8. The van der Waals surface area contributed by atoms with Gasteiger partial charge in [0, 0.05) is 0 Å². The predicted octanol–water partition coefficient (Wildman–Crippen LogP) is 3.09. The Morgan fingerprint density at radius 2 is 1.74 bits per heavy atom. The van der Waals surface area contributed by atoms with Gasteiger partial charge in [-0.25, -0.2) is 0 Å². The number of nitrogens with one attached hydrogen (secondary N) is 2. The molecule has 0 aliphatic heterocycles. The molecule has 5 nitrogen and oxygen atoms in total.